The fourth-order valence-corrected chi connectivity index (χ4v) is 2.11. The largest absolute Gasteiger partial charge is 0.352 e. The maximum atomic E-state index is 13.4. The van der Waals surface area contributed by atoms with Crippen LogP contribution in [0.25, 0.3) is 0 Å². The molecule has 0 spiro atoms. The number of halogens is 3. The van der Waals surface area contributed by atoms with Crippen LogP contribution in [0.4, 0.5) is 8.78 Å². The van der Waals surface area contributed by atoms with Crippen LogP contribution in [0.5, 0.6) is 0 Å². The van der Waals surface area contributed by atoms with Crippen LogP contribution >= 0.6 is 12.4 Å². The Balaban J connectivity index is 0.00000180. The van der Waals surface area contributed by atoms with Crippen molar-refractivity contribution in [3.05, 3.63) is 35.4 Å². The molecule has 0 saturated carbocycles. The molecule has 2 N–H and O–H groups in total. The lowest BCUT2D eigenvalue weighted by molar-refractivity contribution is -0.121. The van der Waals surface area contributed by atoms with Gasteiger partial charge in [-0.2, -0.15) is 0 Å². The van der Waals surface area contributed by atoms with Crippen LogP contribution in [-0.2, 0) is 11.2 Å². The molecule has 1 amide bonds. The van der Waals surface area contributed by atoms with Crippen molar-refractivity contribution in [2.24, 2.45) is 0 Å². The Kier molecular flexibility index (Phi) is 6.18. The van der Waals surface area contributed by atoms with E-state index < -0.39 is 11.6 Å². The standard InChI is InChI=1S/C13H16F2N2O.ClH/c14-11-5-1-3-9(13(11)15)7-12(18)17-10-4-2-6-16-8-10;/h1,3,5,10,16H,2,4,6-8H2,(H,17,18);1H/t10-;/m1./s1. The predicted octanol–water partition coefficient (Wildman–Crippen LogP) is 1.80. The summed E-state index contributed by atoms with van der Waals surface area (Å²) in [5.74, 6) is -2.12. The third-order valence-corrected chi connectivity index (χ3v) is 3.04. The summed E-state index contributed by atoms with van der Waals surface area (Å²) in [6, 6.07) is 3.96. The third-order valence-electron chi connectivity index (χ3n) is 3.04. The van der Waals surface area contributed by atoms with Crippen LogP contribution in [0.1, 0.15) is 18.4 Å². The second-order valence-electron chi connectivity index (χ2n) is 4.50. The molecule has 1 atom stereocenters. The highest BCUT2D eigenvalue weighted by molar-refractivity contribution is 5.85. The number of rotatable bonds is 3. The number of hydrogen-bond acceptors (Lipinski definition) is 2. The van der Waals surface area contributed by atoms with Gasteiger partial charge in [0.1, 0.15) is 0 Å². The van der Waals surface area contributed by atoms with Crippen molar-refractivity contribution in [2.45, 2.75) is 25.3 Å². The number of amides is 1. The van der Waals surface area contributed by atoms with Gasteiger partial charge in [0.25, 0.3) is 0 Å². The molecule has 106 valence electrons. The molecule has 0 aromatic heterocycles. The molecule has 0 radical (unpaired) electrons. The molecule has 1 heterocycles. The minimum absolute atomic E-state index is 0. The average molecular weight is 291 g/mol. The molecule has 1 aromatic carbocycles. The van der Waals surface area contributed by atoms with Gasteiger partial charge in [-0.1, -0.05) is 12.1 Å². The highest BCUT2D eigenvalue weighted by Crippen LogP contribution is 2.12. The number of carbonyl (C=O) groups excluding carboxylic acids is 1. The van der Waals surface area contributed by atoms with E-state index in [9.17, 15) is 13.6 Å². The molecule has 3 nitrogen and oxygen atoms in total. The molecule has 1 aliphatic rings. The van der Waals surface area contributed by atoms with Gasteiger partial charge in [0.15, 0.2) is 11.6 Å². The normalized spacial score (nSPS) is 18.5. The summed E-state index contributed by atoms with van der Waals surface area (Å²) in [4.78, 5) is 11.7. The Morgan fingerprint density at radius 2 is 2.21 bits per heavy atom. The summed E-state index contributed by atoms with van der Waals surface area (Å²) in [7, 11) is 0. The maximum Gasteiger partial charge on any atom is 0.224 e. The summed E-state index contributed by atoms with van der Waals surface area (Å²) in [5, 5.41) is 6.00. The summed E-state index contributed by atoms with van der Waals surface area (Å²) in [6.45, 7) is 1.70. The minimum atomic E-state index is -0.936. The molecule has 1 aromatic rings. The Hall–Kier alpha value is -1.20. The fourth-order valence-electron chi connectivity index (χ4n) is 2.11. The van der Waals surface area contributed by atoms with E-state index in [2.05, 4.69) is 10.6 Å². The summed E-state index contributed by atoms with van der Waals surface area (Å²) < 4.78 is 26.3. The van der Waals surface area contributed by atoms with E-state index in [0.717, 1.165) is 32.0 Å². The van der Waals surface area contributed by atoms with E-state index in [1.807, 2.05) is 0 Å². The summed E-state index contributed by atoms with van der Waals surface area (Å²) in [5.41, 5.74) is 0.0938. The first-order valence-electron chi connectivity index (χ1n) is 6.10. The predicted molar refractivity (Wildman–Crippen MR) is 71.3 cm³/mol. The lowest BCUT2D eigenvalue weighted by Crippen LogP contribution is -2.46. The van der Waals surface area contributed by atoms with E-state index in [1.165, 1.54) is 12.1 Å². The number of benzene rings is 1. The molecule has 19 heavy (non-hydrogen) atoms. The first-order chi connectivity index (χ1) is 8.66. The second-order valence-corrected chi connectivity index (χ2v) is 4.50. The zero-order chi connectivity index (χ0) is 13.0. The van der Waals surface area contributed by atoms with E-state index in [4.69, 9.17) is 0 Å². The van der Waals surface area contributed by atoms with Crippen LogP contribution in [0.3, 0.4) is 0 Å². The van der Waals surface area contributed by atoms with Gasteiger partial charge >= 0.3 is 0 Å². The topological polar surface area (TPSA) is 41.1 Å². The lowest BCUT2D eigenvalue weighted by atomic mass is 10.1. The van der Waals surface area contributed by atoms with Crippen molar-refractivity contribution < 1.29 is 13.6 Å². The second kappa shape index (κ2) is 7.40. The SMILES string of the molecule is Cl.O=C(Cc1cccc(F)c1F)N[C@@H]1CCCNC1. The van der Waals surface area contributed by atoms with Gasteiger partial charge in [0.05, 0.1) is 6.42 Å². The Morgan fingerprint density at radius 1 is 1.42 bits per heavy atom. The molecule has 0 unspecified atom stereocenters. The third kappa shape index (κ3) is 4.44. The number of nitrogens with one attached hydrogen (secondary N) is 2. The first-order valence-corrected chi connectivity index (χ1v) is 6.10. The van der Waals surface area contributed by atoms with Gasteiger partial charge in [-0.25, -0.2) is 8.78 Å². The van der Waals surface area contributed by atoms with E-state index in [-0.39, 0.29) is 36.3 Å². The maximum absolute atomic E-state index is 13.4. The zero-order valence-corrected chi connectivity index (χ0v) is 11.2. The van der Waals surface area contributed by atoms with E-state index >= 15 is 0 Å². The zero-order valence-electron chi connectivity index (χ0n) is 10.4. The van der Waals surface area contributed by atoms with Gasteiger partial charge in [-0.3, -0.25) is 4.79 Å². The van der Waals surface area contributed by atoms with Gasteiger partial charge in [0.2, 0.25) is 5.91 Å². The Bertz CT molecular complexity index is 437. The highest BCUT2D eigenvalue weighted by Gasteiger charge is 2.17. The van der Waals surface area contributed by atoms with E-state index in [1.54, 1.807) is 0 Å². The van der Waals surface area contributed by atoms with Crippen LogP contribution < -0.4 is 10.6 Å². The van der Waals surface area contributed by atoms with E-state index in [0.29, 0.717) is 0 Å². The number of hydrogen-bond donors (Lipinski definition) is 2. The molecular formula is C13H17ClF2N2O. The smallest absolute Gasteiger partial charge is 0.224 e. The monoisotopic (exact) mass is 290 g/mol. The quantitative estimate of drug-likeness (QED) is 0.891. The molecule has 2 rings (SSSR count). The fraction of sp³-hybridized carbons (Fsp3) is 0.462. The molecule has 0 bridgehead atoms. The van der Waals surface area contributed by atoms with Crippen molar-refractivity contribution in [1.82, 2.24) is 10.6 Å². The molecule has 1 saturated heterocycles. The molecular weight excluding hydrogens is 274 g/mol. The van der Waals surface area contributed by atoms with Gasteiger partial charge < -0.3 is 10.6 Å². The average Bonchev–Trinajstić information content (AvgIpc) is 2.36. The summed E-state index contributed by atoms with van der Waals surface area (Å²) in [6.07, 6.45) is 1.81. The van der Waals surface area contributed by atoms with Crippen molar-refractivity contribution in [2.75, 3.05) is 13.1 Å². The molecule has 1 fully saturated rings. The van der Waals surface area contributed by atoms with Crippen LogP contribution in [0.15, 0.2) is 18.2 Å². The van der Waals surface area contributed by atoms with Crippen molar-refractivity contribution in [3.63, 3.8) is 0 Å². The first kappa shape index (κ1) is 15.9. The minimum Gasteiger partial charge on any atom is -0.352 e. The summed E-state index contributed by atoms with van der Waals surface area (Å²) >= 11 is 0. The molecule has 0 aliphatic carbocycles. The Morgan fingerprint density at radius 3 is 2.89 bits per heavy atom. The van der Waals surface area contributed by atoms with Gasteiger partial charge in [-0.05, 0) is 25.5 Å². The van der Waals surface area contributed by atoms with Crippen LogP contribution in [0, 0.1) is 11.6 Å². The van der Waals surface area contributed by atoms with Crippen molar-refractivity contribution >= 4 is 18.3 Å². The van der Waals surface area contributed by atoms with Gasteiger partial charge in [-0.15, -0.1) is 12.4 Å². The molecule has 1 aliphatic heterocycles. The van der Waals surface area contributed by atoms with Crippen molar-refractivity contribution in [1.29, 1.82) is 0 Å². The number of piperidine rings is 1. The van der Waals surface area contributed by atoms with Crippen LogP contribution in [-0.4, -0.2) is 25.0 Å². The highest BCUT2D eigenvalue weighted by atomic mass is 35.5. The van der Waals surface area contributed by atoms with Crippen molar-refractivity contribution in [3.8, 4) is 0 Å². The molecule has 6 heteroatoms. The lowest BCUT2D eigenvalue weighted by Gasteiger charge is -2.23. The van der Waals surface area contributed by atoms with Crippen LogP contribution in [0.2, 0.25) is 0 Å². The number of carbonyl (C=O) groups is 1. The Labute approximate surface area is 117 Å². The van der Waals surface area contributed by atoms with Gasteiger partial charge in [0, 0.05) is 18.2 Å².